The van der Waals surface area contributed by atoms with Crippen molar-refractivity contribution in [2.75, 3.05) is 0 Å². The minimum atomic E-state index is -2.94. The van der Waals surface area contributed by atoms with Gasteiger partial charge in [0.25, 0.3) is 0 Å². The van der Waals surface area contributed by atoms with Gasteiger partial charge in [-0.2, -0.15) is 8.78 Å². The van der Waals surface area contributed by atoms with E-state index in [4.69, 9.17) is 5.73 Å². The number of primary amides is 1. The highest BCUT2D eigenvalue weighted by Crippen LogP contribution is 2.37. The first-order valence-corrected chi connectivity index (χ1v) is 6.42. The number of halogens is 3. The second-order valence-corrected chi connectivity index (χ2v) is 4.79. The lowest BCUT2D eigenvalue weighted by atomic mass is 10.0. The number of hydrogen-bond acceptors (Lipinski definition) is 2. The van der Waals surface area contributed by atoms with Crippen LogP contribution in [0.2, 0.25) is 0 Å². The fourth-order valence-electron chi connectivity index (χ4n) is 1.79. The second kappa shape index (κ2) is 6.00. The molecule has 0 atom stereocenters. The van der Waals surface area contributed by atoms with Gasteiger partial charge in [-0.05, 0) is 39.7 Å². The molecule has 0 aliphatic heterocycles. The van der Waals surface area contributed by atoms with E-state index in [-0.39, 0.29) is 5.75 Å². The zero-order valence-electron chi connectivity index (χ0n) is 10.1. The molecule has 104 valence electrons. The number of rotatable bonds is 4. The molecule has 0 unspecified atom stereocenters. The highest BCUT2D eigenvalue weighted by atomic mass is 79.9. The molecule has 6 heteroatoms. The number of amides is 1. The zero-order chi connectivity index (χ0) is 14.7. The molecule has 0 spiro atoms. The maximum absolute atomic E-state index is 12.5. The van der Waals surface area contributed by atoms with E-state index >= 15 is 0 Å². The van der Waals surface area contributed by atoms with Crippen molar-refractivity contribution >= 4 is 21.8 Å². The predicted octanol–water partition coefficient (Wildman–Crippen LogP) is 3.82. The van der Waals surface area contributed by atoms with Crippen LogP contribution in [-0.4, -0.2) is 12.5 Å². The molecule has 2 N–H and O–H groups in total. The van der Waals surface area contributed by atoms with Gasteiger partial charge in [0.05, 0.1) is 4.47 Å². The fraction of sp³-hybridized carbons (Fsp3) is 0.0714. The molecule has 0 heterocycles. The summed E-state index contributed by atoms with van der Waals surface area (Å²) in [7, 11) is 0. The Kier molecular flexibility index (Phi) is 4.34. The topological polar surface area (TPSA) is 52.3 Å². The van der Waals surface area contributed by atoms with Gasteiger partial charge in [-0.25, -0.2) is 0 Å². The summed E-state index contributed by atoms with van der Waals surface area (Å²) >= 11 is 3.17. The summed E-state index contributed by atoms with van der Waals surface area (Å²) in [4.78, 5) is 11.2. The van der Waals surface area contributed by atoms with E-state index in [1.807, 2.05) is 0 Å². The van der Waals surface area contributed by atoms with Gasteiger partial charge in [-0.1, -0.05) is 24.3 Å². The first-order valence-electron chi connectivity index (χ1n) is 5.62. The van der Waals surface area contributed by atoms with E-state index in [1.165, 1.54) is 6.07 Å². The van der Waals surface area contributed by atoms with Gasteiger partial charge in [0, 0.05) is 11.1 Å². The molecule has 2 rings (SSSR count). The van der Waals surface area contributed by atoms with Gasteiger partial charge in [0.15, 0.2) is 0 Å². The van der Waals surface area contributed by atoms with Gasteiger partial charge in [0.1, 0.15) is 5.75 Å². The van der Waals surface area contributed by atoms with Gasteiger partial charge in [-0.3, -0.25) is 4.79 Å². The van der Waals surface area contributed by atoms with E-state index in [0.717, 1.165) is 0 Å². The Hall–Kier alpha value is -1.95. The first kappa shape index (κ1) is 14.5. The molecule has 0 aliphatic carbocycles. The highest BCUT2D eigenvalue weighted by molar-refractivity contribution is 9.10. The third kappa shape index (κ3) is 3.14. The van der Waals surface area contributed by atoms with E-state index < -0.39 is 12.5 Å². The molecular formula is C14H10BrF2NO2. The minimum Gasteiger partial charge on any atom is -0.433 e. The Morgan fingerprint density at radius 2 is 1.90 bits per heavy atom. The van der Waals surface area contributed by atoms with Gasteiger partial charge >= 0.3 is 6.61 Å². The second-order valence-electron chi connectivity index (χ2n) is 3.94. The number of alkyl halides is 2. The summed E-state index contributed by atoms with van der Waals surface area (Å²) in [6.45, 7) is -2.94. The van der Waals surface area contributed by atoms with Crippen LogP contribution in [0.5, 0.6) is 5.75 Å². The maximum Gasteiger partial charge on any atom is 0.387 e. The maximum atomic E-state index is 12.5. The number of carbonyl (C=O) groups is 1. The minimum absolute atomic E-state index is 0.0177. The molecule has 0 aromatic heterocycles. The average molecular weight is 342 g/mol. The Bertz CT molecular complexity index is 647. The summed E-state index contributed by atoms with van der Waals surface area (Å²) in [5, 5.41) is 0. The van der Waals surface area contributed by atoms with Crippen LogP contribution >= 0.6 is 15.9 Å². The average Bonchev–Trinajstić information content (AvgIpc) is 2.41. The largest absolute Gasteiger partial charge is 0.433 e. The van der Waals surface area contributed by atoms with Gasteiger partial charge in [0.2, 0.25) is 5.91 Å². The van der Waals surface area contributed by atoms with Crippen LogP contribution in [0.25, 0.3) is 11.1 Å². The van der Waals surface area contributed by atoms with E-state index in [9.17, 15) is 13.6 Å². The van der Waals surface area contributed by atoms with Crippen molar-refractivity contribution < 1.29 is 18.3 Å². The first-order chi connectivity index (χ1) is 9.49. The Balaban J connectivity index is 2.54. The normalized spacial score (nSPS) is 10.6. The number of para-hydroxylation sites is 1. The molecule has 0 fully saturated rings. The predicted molar refractivity (Wildman–Crippen MR) is 74.7 cm³/mol. The van der Waals surface area contributed by atoms with Crippen LogP contribution in [-0.2, 0) is 0 Å². The smallest absolute Gasteiger partial charge is 0.387 e. The SMILES string of the molecule is NC(=O)c1cccc(-c2cccc(Br)c2OC(F)F)c1. The van der Waals surface area contributed by atoms with Crippen LogP contribution in [0, 0.1) is 0 Å². The van der Waals surface area contributed by atoms with Gasteiger partial charge < -0.3 is 10.5 Å². The van der Waals surface area contributed by atoms with Crippen LogP contribution in [0.15, 0.2) is 46.9 Å². The summed E-state index contributed by atoms with van der Waals surface area (Å²) in [6.07, 6.45) is 0. The van der Waals surface area contributed by atoms with Crippen LogP contribution in [0.4, 0.5) is 8.78 Å². The van der Waals surface area contributed by atoms with Crippen molar-refractivity contribution in [1.82, 2.24) is 0 Å². The van der Waals surface area contributed by atoms with Crippen LogP contribution in [0.3, 0.4) is 0 Å². The monoisotopic (exact) mass is 341 g/mol. The summed E-state index contributed by atoms with van der Waals surface area (Å²) in [5.74, 6) is -0.567. The Morgan fingerprint density at radius 3 is 2.55 bits per heavy atom. The van der Waals surface area contributed by atoms with Crippen molar-refractivity contribution in [2.24, 2.45) is 5.73 Å². The Labute approximate surface area is 122 Å². The highest BCUT2D eigenvalue weighted by Gasteiger charge is 2.15. The van der Waals surface area contributed by atoms with E-state index in [0.29, 0.717) is 21.2 Å². The molecule has 0 bridgehead atoms. The lowest BCUT2D eigenvalue weighted by Crippen LogP contribution is -2.10. The standard InChI is InChI=1S/C14H10BrF2NO2/c15-11-6-2-5-10(12(11)20-14(16)17)8-3-1-4-9(7-8)13(18)19/h1-7,14H,(H2,18,19). The number of benzene rings is 2. The molecular weight excluding hydrogens is 332 g/mol. The zero-order valence-corrected chi connectivity index (χ0v) is 11.7. The molecule has 0 saturated heterocycles. The quantitative estimate of drug-likeness (QED) is 0.919. The third-order valence-corrected chi connectivity index (χ3v) is 3.26. The van der Waals surface area contributed by atoms with Crippen LogP contribution in [0.1, 0.15) is 10.4 Å². The fourth-order valence-corrected chi connectivity index (χ4v) is 2.24. The van der Waals surface area contributed by atoms with Crippen molar-refractivity contribution in [3.05, 3.63) is 52.5 Å². The number of hydrogen-bond donors (Lipinski definition) is 1. The lowest BCUT2D eigenvalue weighted by Gasteiger charge is -2.13. The summed E-state index contributed by atoms with van der Waals surface area (Å²) < 4.78 is 29.9. The lowest BCUT2D eigenvalue weighted by molar-refractivity contribution is -0.0499. The number of carbonyl (C=O) groups excluding carboxylic acids is 1. The van der Waals surface area contributed by atoms with Crippen molar-refractivity contribution in [2.45, 2.75) is 6.61 Å². The summed E-state index contributed by atoms with van der Waals surface area (Å²) in [5.41, 5.74) is 6.52. The molecule has 20 heavy (non-hydrogen) atoms. The molecule has 0 saturated carbocycles. The molecule has 0 radical (unpaired) electrons. The van der Waals surface area contributed by atoms with E-state index in [1.54, 1.807) is 36.4 Å². The van der Waals surface area contributed by atoms with Crippen molar-refractivity contribution in [3.8, 4) is 16.9 Å². The molecule has 2 aromatic rings. The van der Waals surface area contributed by atoms with Crippen molar-refractivity contribution in [1.29, 1.82) is 0 Å². The van der Waals surface area contributed by atoms with Gasteiger partial charge in [-0.15, -0.1) is 0 Å². The number of nitrogens with two attached hydrogens (primary N) is 1. The molecule has 0 aliphatic rings. The third-order valence-electron chi connectivity index (χ3n) is 2.63. The van der Waals surface area contributed by atoms with E-state index in [2.05, 4.69) is 20.7 Å². The summed E-state index contributed by atoms with van der Waals surface area (Å²) in [6, 6.07) is 11.3. The molecule has 2 aromatic carbocycles. The Morgan fingerprint density at radius 1 is 1.20 bits per heavy atom. The molecule has 3 nitrogen and oxygen atoms in total. The van der Waals surface area contributed by atoms with Crippen LogP contribution < -0.4 is 10.5 Å². The molecule has 1 amide bonds. The van der Waals surface area contributed by atoms with Crippen molar-refractivity contribution in [3.63, 3.8) is 0 Å². The number of ether oxygens (including phenoxy) is 1.